The van der Waals surface area contributed by atoms with Gasteiger partial charge in [0.25, 0.3) is 5.91 Å². The van der Waals surface area contributed by atoms with Crippen molar-refractivity contribution in [1.82, 2.24) is 5.32 Å². The highest BCUT2D eigenvalue weighted by molar-refractivity contribution is 6.33. The van der Waals surface area contributed by atoms with Crippen LogP contribution in [0.1, 0.15) is 10.4 Å². The van der Waals surface area contributed by atoms with Crippen LogP contribution in [-0.4, -0.2) is 30.3 Å². The van der Waals surface area contributed by atoms with Crippen molar-refractivity contribution in [3.63, 3.8) is 0 Å². The zero-order chi connectivity index (χ0) is 16.8. The summed E-state index contributed by atoms with van der Waals surface area (Å²) < 4.78 is 30.9. The van der Waals surface area contributed by atoms with E-state index in [9.17, 15) is 18.7 Å². The van der Waals surface area contributed by atoms with Crippen LogP contribution in [0.15, 0.2) is 42.5 Å². The minimum atomic E-state index is -0.969. The molecule has 0 bridgehead atoms. The Bertz CT molecular complexity index is 680. The molecule has 0 spiro atoms. The van der Waals surface area contributed by atoms with Gasteiger partial charge >= 0.3 is 0 Å². The van der Waals surface area contributed by atoms with E-state index in [2.05, 4.69) is 5.32 Å². The van der Waals surface area contributed by atoms with E-state index >= 15 is 0 Å². The van der Waals surface area contributed by atoms with Gasteiger partial charge in [0.1, 0.15) is 30.1 Å². The normalized spacial score (nSPS) is 11.8. The first-order valence-corrected chi connectivity index (χ1v) is 7.13. The fourth-order valence-electron chi connectivity index (χ4n) is 1.76. The second-order valence-corrected chi connectivity index (χ2v) is 5.16. The third-order valence-electron chi connectivity index (χ3n) is 2.93. The molecule has 0 unspecified atom stereocenters. The zero-order valence-electron chi connectivity index (χ0n) is 11.9. The smallest absolute Gasteiger partial charge is 0.252 e. The van der Waals surface area contributed by atoms with Crippen molar-refractivity contribution in [2.45, 2.75) is 6.10 Å². The van der Waals surface area contributed by atoms with Gasteiger partial charge < -0.3 is 15.2 Å². The summed E-state index contributed by atoms with van der Waals surface area (Å²) in [5, 5.41) is 12.2. The molecule has 1 amide bonds. The molecular weight excluding hydrogens is 328 g/mol. The number of hydrogen-bond acceptors (Lipinski definition) is 3. The standard InChI is InChI=1S/C16H14ClF2NO3/c17-15-7-11(19)3-6-14(15)16(22)20-8-12(21)9-23-13-4-1-10(18)2-5-13/h1-7,12,21H,8-9H2,(H,20,22)/t12-/m0/s1. The Morgan fingerprint density at radius 2 is 1.83 bits per heavy atom. The van der Waals surface area contributed by atoms with Gasteiger partial charge in [-0.15, -0.1) is 0 Å². The van der Waals surface area contributed by atoms with Crippen LogP contribution in [0.25, 0.3) is 0 Å². The van der Waals surface area contributed by atoms with Gasteiger partial charge in [-0.05, 0) is 42.5 Å². The van der Waals surface area contributed by atoms with Crippen molar-refractivity contribution in [1.29, 1.82) is 0 Å². The van der Waals surface area contributed by atoms with E-state index in [0.717, 1.165) is 12.1 Å². The molecular formula is C16H14ClF2NO3. The number of halogens is 3. The first-order valence-electron chi connectivity index (χ1n) is 6.75. The molecule has 7 heteroatoms. The number of nitrogens with one attached hydrogen (secondary N) is 1. The number of carbonyl (C=O) groups is 1. The van der Waals surface area contributed by atoms with Gasteiger partial charge in [-0.3, -0.25) is 4.79 Å². The topological polar surface area (TPSA) is 58.6 Å². The average molecular weight is 342 g/mol. The van der Waals surface area contributed by atoms with Gasteiger partial charge in [-0.25, -0.2) is 8.78 Å². The van der Waals surface area contributed by atoms with Gasteiger partial charge in [-0.2, -0.15) is 0 Å². The van der Waals surface area contributed by atoms with Crippen LogP contribution in [0.3, 0.4) is 0 Å². The van der Waals surface area contributed by atoms with E-state index in [-0.39, 0.29) is 29.6 Å². The van der Waals surface area contributed by atoms with Crippen LogP contribution < -0.4 is 10.1 Å². The molecule has 0 fully saturated rings. The van der Waals surface area contributed by atoms with Crippen molar-refractivity contribution in [3.8, 4) is 5.75 Å². The Hall–Kier alpha value is -2.18. The van der Waals surface area contributed by atoms with Crippen LogP contribution in [-0.2, 0) is 0 Å². The summed E-state index contributed by atoms with van der Waals surface area (Å²) >= 11 is 5.78. The summed E-state index contributed by atoms with van der Waals surface area (Å²) in [6.45, 7) is -0.156. The number of hydrogen-bond donors (Lipinski definition) is 2. The Morgan fingerprint density at radius 1 is 1.17 bits per heavy atom. The molecule has 122 valence electrons. The number of ether oxygens (including phenoxy) is 1. The zero-order valence-corrected chi connectivity index (χ0v) is 12.7. The molecule has 23 heavy (non-hydrogen) atoms. The lowest BCUT2D eigenvalue weighted by atomic mass is 10.2. The number of carbonyl (C=O) groups excluding carboxylic acids is 1. The molecule has 2 aromatic rings. The summed E-state index contributed by atoms with van der Waals surface area (Å²) in [5.74, 6) is -1.06. The predicted octanol–water partition coefficient (Wildman–Crippen LogP) is 2.79. The number of rotatable bonds is 6. The number of aliphatic hydroxyl groups is 1. The largest absolute Gasteiger partial charge is 0.491 e. The Morgan fingerprint density at radius 3 is 2.48 bits per heavy atom. The molecule has 2 N–H and O–H groups in total. The van der Waals surface area contributed by atoms with E-state index in [4.69, 9.17) is 16.3 Å². The molecule has 4 nitrogen and oxygen atoms in total. The summed E-state index contributed by atoms with van der Waals surface area (Å²) in [6.07, 6.45) is -0.969. The SMILES string of the molecule is O=C(NC[C@H](O)COc1ccc(F)cc1)c1ccc(F)cc1Cl. The maximum Gasteiger partial charge on any atom is 0.252 e. The molecule has 0 saturated heterocycles. The van der Waals surface area contributed by atoms with E-state index in [1.807, 2.05) is 0 Å². The van der Waals surface area contributed by atoms with Crippen LogP contribution in [0.2, 0.25) is 5.02 Å². The number of benzene rings is 2. The Kier molecular flexibility index (Phi) is 5.90. The van der Waals surface area contributed by atoms with Crippen LogP contribution in [0.4, 0.5) is 8.78 Å². The first kappa shape index (κ1) is 17.2. The lowest BCUT2D eigenvalue weighted by molar-refractivity contribution is 0.0843. The summed E-state index contributed by atoms with van der Waals surface area (Å²) in [5.41, 5.74) is 0.111. The van der Waals surface area contributed by atoms with Gasteiger partial charge in [0.15, 0.2) is 0 Å². The van der Waals surface area contributed by atoms with Crippen molar-refractivity contribution >= 4 is 17.5 Å². The minimum absolute atomic E-state index is 0.0143. The monoisotopic (exact) mass is 341 g/mol. The predicted molar refractivity (Wildman–Crippen MR) is 81.6 cm³/mol. The van der Waals surface area contributed by atoms with Crippen molar-refractivity contribution in [2.24, 2.45) is 0 Å². The van der Waals surface area contributed by atoms with E-state index in [1.54, 1.807) is 0 Å². The van der Waals surface area contributed by atoms with E-state index in [0.29, 0.717) is 5.75 Å². The third-order valence-corrected chi connectivity index (χ3v) is 3.24. The second kappa shape index (κ2) is 7.89. The second-order valence-electron chi connectivity index (χ2n) is 4.75. The van der Waals surface area contributed by atoms with Crippen molar-refractivity contribution in [3.05, 3.63) is 64.7 Å². The number of aliphatic hydroxyl groups excluding tert-OH is 1. The summed E-state index contributed by atoms with van der Waals surface area (Å²) in [7, 11) is 0. The summed E-state index contributed by atoms with van der Waals surface area (Å²) in [4.78, 5) is 11.9. The van der Waals surface area contributed by atoms with Gasteiger partial charge in [0.05, 0.1) is 10.6 Å². The molecule has 0 aliphatic rings. The lowest BCUT2D eigenvalue weighted by Gasteiger charge is -2.13. The quantitative estimate of drug-likeness (QED) is 0.849. The fourth-order valence-corrected chi connectivity index (χ4v) is 2.01. The molecule has 0 aliphatic heterocycles. The molecule has 0 saturated carbocycles. The highest BCUT2D eigenvalue weighted by atomic mass is 35.5. The van der Waals surface area contributed by atoms with Crippen LogP contribution in [0.5, 0.6) is 5.75 Å². The first-order chi connectivity index (χ1) is 11.0. The third kappa shape index (κ3) is 5.19. The van der Waals surface area contributed by atoms with Crippen LogP contribution in [0, 0.1) is 11.6 Å². The molecule has 2 aromatic carbocycles. The fraction of sp³-hybridized carbons (Fsp3) is 0.188. The molecule has 0 heterocycles. The van der Waals surface area contributed by atoms with Gasteiger partial charge in [0, 0.05) is 6.54 Å². The maximum absolute atomic E-state index is 12.9. The molecule has 2 rings (SSSR count). The highest BCUT2D eigenvalue weighted by Crippen LogP contribution is 2.17. The van der Waals surface area contributed by atoms with Gasteiger partial charge in [-0.1, -0.05) is 11.6 Å². The van der Waals surface area contributed by atoms with Gasteiger partial charge in [0.2, 0.25) is 0 Å². The molecule has 0 radical (unpaired) electrons. The average Bonchev–Trinajstić information content (AvgIpc) is 2.52. The Balaban J connectivity index is 1.80. The maximum atomic E-state index is 12.9. The minimum Gasteiger partial charge on any atom is -0.491 e. The van der Waals surface area contributed by atoms with E-state index < -0.39 is 17.8 Å². The van der Waals surface area contributed by atoms with E-state index in [1.165, 1.54) is 30.3 Å². The molecule has 0 aromatic heterocycles. The molecule has 1 atom stereocenters. The lowest BCUT2D eigenvalue weighted by Crippen LogP contribution is -2.35. The van der Waals surface area contributed by atoms with Crippen molar-refractivity contribution in [2.75, 3.05) is 13.2 Å². The highest BCUT2D eigenvalue weighted by Gasteiger charge is 2.13. The summed E-state index contributed by atoms with van der Waals surface area (Å²) in [6, 6.07) is 8.74. The Labute approximate surface area is 136 Å². The number of amides is 1. The van der Waals surface area contributed by atoms with Crippen LogP contribution >= 0.6 is 11.6 Å². The molecule has 0 aliphatic carbocycles. The van der Waals surface area contributed by atoms with Crippen molar-refractivity contribution < 1.29 is 23.4 Å².